The van der Waals surface area contributed by atoms with Gasteiger partial charge in [0, 0.05) is 28.4 Å². The Morgan fingerprint density at radius 3 is 2.87 bits per heavy atom. The minimum Gasteiger partial charge on any atom is -0.462 e. The van der Waals surface area contributed by atoms with Crippen LogP contribution < -0.4 is 5.73 Å². The molecule has 120 valence electrons. The summed E-state index contributed by atoms with van der Waals surface area (Å²) in [5, 5.41) is 1.97. The Hall–Kier alpha value is -2.40. The summed E-state index contributed by atoms with van der Waals surface area (Å²) in [5.41, 5.74) is 8.03. The maximum atomic E-state index is 12.3. The van der Waals surface area contributed by atoms with Crippen molar-refractivity contribution in [3.63, 3.8) is 0 Å². The molecular formula is C18H21N3O2. The zero-order valence-corrected chi connectivity index (χ0v) is 13.4. The summed E-state index contributed by atoms with van der Waals surface area (Å²) in [6.45, 7) is 5.02. The van der Waals surface area contributed by atoms with E-state index in [1.807, 2.05) is 24.3 Å². The molecule has 23 heavy (non-hydrogen) atoms. The van der Waals surface area contributed by atoms with Crippen LogP contribution in [0.1, 0.15) is 24.2 Å². The fourth-order valence-corrected chi connectivity index (χ4v) is 2.65. The van der Waals surface area contributed by atoms with Gasteiger partial charge in [-0.1, -0.05) is 13.8 Å². The zero-order valence-electron chi connectivity index (χ0n) is 13.4. The van der Waals surface area contributed by atoms with Crippen molar-refractivity contribution in [1.29, 1.82) is 0 Å². The van der Waals surface area contributed by atoms with Crippen LogP contribution in [0.5, 0.6) is 0 Å². The van der Waals surface area contributed by atoms with Gasteiger partial charge in [0.1, 0.15) is 5.65 Å². The van der Waals surface area contributed by atoms with Gasteiger partial charge in [0.2, 0.25) is 0 Å². The first-order chi connectivity index (χ1) is 11.1. The Morgan fingerprint density at radius 1 is 1.30 bits per heavy atom. The second-order valence-corrected chi connectivity index (χ2v) is 6.12. The molecule has 0 aliphatic carbocycles. The fraction of sp³-hybridized carbons (Fsp3) is 0.333. The molecule has 0 bridgehead atoms. The van der Waals surface area contributed by atoms with E-state index in [1.54, 1.807) is 12.3 Å². The number of nitrogens with two attached hydrogens (primary N) is 1. The van der Waals surface area contributed by atoms with Crippen LogP contribution in [0, 0.1) is 11.8 Å². The lowest BCUT2D eigenvalue weighted by Gasteiger charge is -2.18. The topological polar surface area (TPSA) is 81.0 Å². The fourth-order valence-electron chi connectivity index (χ4n) is 2.65. The second kappa shape index (κ2) is 6.38. The van der Waals surface area contributed by atoms with Gasteiger partial charge in [-0.15, -0.1) is 0 Å². The highest BCUT2D eigenvalue weighted by Crippen LogP contribution is 2.25. The number of hydrogen-bond acceptors (Lipinski definition) is 4. The molecule has 3 aromatic rings. The van der Waals surface area contributed by atoms with Crippen LogP contribution in [0.2, 0.25) is 0 Å². The molecule has 0 amide bonds. The number of fused-ring (bicyclic) bond motifs is 3. The number of pyridine rings is 1. The summed E-state index contributed by atoms with van der Waals surface area (Å²) in [4.78, 5) is 19.8. The second-order valence-electron chi connectivity index (χ2n) is 6.12. The molecule has 2 heterocycles. The number of nitrogens with zero attached hydrogens (tertiary/aromatic N) is 1. The molecule has 5 heteroatoms. The number of H-pyrrole nitrogens is 1. The van der Waals surface area contributed by atoms with E-state index in [1.165, 1.54) is 0 Å². The van der Waals surface area contributed by atoms with E-state index >= 15 is 0 Å². The molecule has 0 saturated carbocycles. The molecule has 3 N–H and O–H groups in total. The van der Waals surface area contributed by atoms with E-state index in [0.29, 0.717) is 24.6 Å². The number of nitrogens with one attached hydrogen (secondary N) is 1. The Morgan fingerprint density at radius 2 is 2.13 bits per heavy atom. The number of hydrogen-bond donors (Lipinski definition) is 2. The van der Waals surface area contributed by atoms with Crippen molar-refractivity contribution in [3.05, 3.63) is 42.1 Å². The number of ether oxygens (including phenoxy) is 1. The van der Waals surface area contributed by atoms with Crippen LogP contribution in [0.25, 0.3) is 21.9 Å². The van der Waals surface area contributed by atoms with Crippen LogP contribution in [-0.2, 0) is 4.74 Å². The van der Waals surface area contributed by atoms with Gasteiger partial charge in [0.15, 0.2) is 0 Å². The Bertz CT molecular complexity index is 839. The average molecular weight is 311 g/mol. The summed E-state index contributed by atoms with van der Waals surface area (Å²) < 4.78 is 5.44. The van der Waals surface area contributed by atoms with E-state index in [9.17, 15) is 4.79 Å². The van der Waals surface area contributed by atoms with Crippen LogP contribution in [0.3, 0.4) is 0 Å². The molecular weight excluding hydrogens is 290 g/mol. The average Bonchev–Trinajstić information content (AvgIpc) is 2.92. The van der Waals surface area contributed by atoms with Crippen LogP contribution in [0.15, 0.2) is 36.5 Å². The van der Waals surface area contributed by atoms with Crippen LogP contribution >= 0.6 is 0 Å². The number of aromatic nitrogens is 2. The van der Waals surface area contributed by atoms with Gasteiger partial charge in [0.05, 0.1) is 12.2 Å². The van der Waals surface area contributed by atoms with Crippen molar-refractivity contribution >= 4 is 27.9 Å². The van der Waals surface area contributed by atoms with Gasteiger partial charge >= 0.3 is 5.97 Å². The maximum Gasteiger partial charge on any atom is 0.338 e. The molecule has 0 aliphatic rings. The predicted molar refractivity (Wildman–Crippen MR) is 91.3 cm³/mol. The van der Waals surface area contributed by atoms with E-state index in [-0.39, 0.29) is 11.9 Å². The largest absolute Gasteiger partial charge is 0.462 e. The summed E-state index contributed by atoms with van der Waals surface area (Å²) in [6.07, 6.45) is 1.74. The summed E-state index contributed by atoms with van der Waals surface area (Å²) in [6, 6.07) is 9.38. The van der Waals surface area contributed by atoms with E-state index in [2.05, 4.69) is 23.8 Å². The molecule has 5 nitrogen and oxygen atoms in total. The quantitative estimate of drug-likeness (QED) is 0.709. The number of rotatable bonds is 5. The van der Waals surface area contributed by atoms with Crippen LogP contribution in [0.4, 0.5) is 0 Å². The molecule has 0 radical (unpaired) electrons. The van der Waals surface area contributed by atoms with Gasteiger partial charge in [-0.25, -0.2) is 9.78 Å². The Kier molecular flexibility index (Phi) is 4.30. The molecule has 3 rings (SSSR count). The SMILES string of the molecule is CC(C)C(CN)COC(=O)c1ccc2[nH]c3ncccc3c2c1. The smallest absolute Gasteiger partial charge is 0.338 e. The third-order valence-corrected chi connectivity index (χ3v) is 4.28. The monoisotopic (exact) mass is 311 g/mol. The number of benzene rings is 1. The maximum absolute atomic E-state index is 12.3. The summed E-state index contributed by atoms with van der Waals surface area (Å²) >= 11 is 0. The zero-order chi connectivity index (χ0) is 16.4. The standard InChI is InChI=1S/C18H21N3O2/c1-11(2)13(9-19)10-23-18(22)12-5-6-16-15(8-12)14-4-3-7-20-17(14)21-16/h3-8,11,13H,9-10,19H2,1-2H3,(H,20,21). The molecule has 0 fully saturated rings. The summed E-state index contributed by atoms with van der Waals surface area (Å²) in [5.74, 6) is 0.249. The molecule has 1 unspecified atom stereocenters. The Balaban J connectivity index is 1.85. The lowest BCUT2D eigenvalue weighted by Crippen LogP contribution is -2.26. The van der Waals surface area contributed by atoms with E-state index < -0.39 is 0 Å². The predicted octanol–water partition coefficient (Wildman–Crippen LogP) is 3.10. The highest BCUT2D eigenvalue weighted by molar-refractivity contribution is 6.08. The molecule has 0 saturated heterocycles. The third-order valence-electron chi connectivity index (χ3n) is 4.28. The molecule has 0 spiro atoms. The van der Waals surface area contributed by atoms with Crippen molar-refractivity contribution in [2.45, 2.75) is 13.8 Å². The molecule has 1 atom stereocenters. The third kappa shape index (κ3) is 3.05. The van der Waals surface area contributed by atoms with Crippen LogP contribution in [-0.4, -0.2) is 29.1 Å². The van der Waals surface area contributed by atoms with Crippen molar-refractivity contribution in [1.82, 2.24) is 9.97 Å². The minimum absolute atomic E-state index is 0.181. The normalized spacial score (nSPS) is 12.9. The lowest BCUT2D eigenvalue weighted by atomic mass is 9.97. The minimum atomic E-state index is -0.316. The lowest BCUT2D eigenvalue weighted by molar-refractivity contribution is 0.0412. The van der Waals surface area contributed by atoms with Crippen molar-refractivity contribution in [3.8, 4) is 0 Å². The highest BCUT2D eigenvalue weighted by Gasteiger charge is 2.16. The molecule has 2 aromatic heterocycles. The van der Waals surface area contributed by atoms with Gasteiger partial charge in [-0.2, -0.15) is 0 Å². The van der Waals surface area contributed by atoms with Crippen molar-refractivity contribution in [2.24, 2.45) is 17.6 Å². The molecule has 1 aromatic carbocycles. The van der Waals surface area contributed by atoms with E-state index in [4.69, 9.17) is 10.5 Å². The number of esters is 1. The Labute approximate surface area is 134 Å². The van der Waals surface area contributed by atoms with E-state index in [0.717, 1.165) is 21.9 Å². The number of carbonyl (C=O) groups is 1. The van der Waals surface area contributed by atoms with Gasteiger partial charge in [-0.3, -0.25) is 0 Å². The first kappa shape index (κ1) is 15.5. The number of aromatic amines is 1. The first-order valence-electron chi connectivity index (χ1n) is 7.83. The number of carbonyl (C=O) groups excluding carboxylic acids is 1. The van der Waals surface area contributed by atoms with Crippen molar-refractivity contribution < 1.29 is 9.53 Å². The molecule has 0 aliphatic heterocycles. The first-order valence-corrected chi connectivity index (χ1v) is 7.83. The highest BCUT2D eigenvalue weighted by atomic mass is 16.5. The van der Waals surface area contributed by atoms with Gasteiger partial charge in [-0.05, 0) is 42.8 Å². The summed E-state index contributed by atoms with van der Waals surface area (Å²) in [7, 11) is 0. The van der Waals surface area contributed by atoms with Gasteiger partial charge < -0.3 is 15.5 Å². The van der Waals surface area contributed by atoms with Crippen molar-refractivity contribution in [2.75, 3.05) is 13.2 Å². The van der Waals surface area contributed by atoms with Gasteiger partial charge in [0.25, 0.3) is 0 Å².